The fourth-order valence-electron chi connectivity index (χ4n) is 2.84. The van der Waals surface area contributed by atoms with E-state index in [0.717, 1.165) is 28.7 Å². The number of benzene rings is 1. The minimum Gasteiger partial charge on any atom is -0.308 e. The third-order valence-electron chi connectivity index (χ3n) is 3.91. The Labute approximate surface area is 126 Å². The first-order valence-corrected chi connectivity index (χ1v) is 7.69. The molecule has 106 valence electrons. The summed E-state index contributed by atoms with van der Waals surface area (Å²) in [5, 5.41) is 0. The van der Waals surface area contributed by atoms with Gasteiger partial charge in [0.2, 0.25) is 11.8 Å². The molecule has 3 rings (SSSR count). The van der Waals surface area contributed by atoms with Crippen molar-refractivity contribution >= 4 is 39.1 Å². The summed E-state index contributed by atoms with van der Waals surface area (Å²) in [4.78, 5) is 28.0. The highest BCUT2D eigenvalue weighted by Gasteiger charge is 2.39. The summed E-state index contributed by atoms with van der Waals surface area (Å²) in [6, 6.07) is 5.75. The molecule has 5 heteroatoms. The van der Waals surface area contributed by atoms with Crippen LogP contribution in [0.3, 0.4) is 0 Å². The highest BCUT2D eigenvalue weighted by molar-refractivity contribution is 9.10. The standard InChI is InChI=1S/C15H17BrN2O2/c1-9-8-17(15(20)11-3-4-11)14-7-12(16)5-6-13(14)18(9)10(2)19/h5-7,9,11H,3-4,8H2,1-2H3. The first-order chi connectivity index (χ1) is 9.49. The van der Waals surface area contributed by atoms with E-state index in [9.17, 15) is 9.59 Å². The van der Waals surface area contributed by atoms with Crippen LogP contribution in [-0.2, 0) is 9.59 Å². The third kappa shape index (κ3) is 2.24. The molecule has 1 atom stereocenters. The minimum atomic E-state index is 0.00359. The molecule has 0 saturated heterocycles. The molecule has 1 aliphatic heterocycles. The number of amides is 2. The number of anilines is 2. The molecule has 2 aliphatic rings. The molecule has 1 aromatic carbocycles. The van der Waals surface area contributed by atoms with Gasteiger partial charge in [-0.3, -0.25) is 9.59 Å². The fourth-order valence-corrected chi connectivity index (χ4v) is 3.19. The van der Waals surface area contributed by atoms with Crippen molar-refractivity contribution in [2.45, 2.75) is 32.7 Å². The quantitative estimate of drug-likeness (QED) is 0.791. The van der Waals surface area contributed by atoms with Crippen LogP contribution in [-0.4, -0.2) is 24.4 Å². The Hall–Kier alpha value is -1.36. The van der Waals surface area contributed by atoms with E-state index in [2.05, 4.69) is 15.9 Å². The maximum atomic E-state index is 12.5. The average molecular weight is 337 g/mol. The lowest BCUT2D eigenvalue weighted by atomic mass is 10.1. The average Bonchev–Trinajstić information content (AvgIpc) is 3.21. The molecule has 1 fully saturated rings. The first kappa shape index (κ1) is 13.6. The molecule has 0 spiro atoms. The molecule has 2 amide bonds. The van der Waals surface area contributed by atoms with Gasteiger partial charge in [-0.25, -0.2) is 0 Å². The Morgan fingerprint density at radius 1 is 1.25 bits per heavy atom. The minimum absolute atomic E-state index is 0.00359. The van der Waals surface area contributed by atoms with E-state index < -0.39 is 0 Å². The van der Waals surface area contributed by atoms with Gasteiger partial charge in [0.1, 0.15) is 0 Å². The van der Waals surface area contributed by atoms with Crippen molar-refractivity contribution in [3.8, 4) is 0 Å². The number of fused-ring (bicyclic) bond motifs is 1. The zero-order chi connectivity index (χ0) is 14.4. The van der Waals surface area contributed by atoms with Crippen LogP contribution < -0.4 is 9.80 Å². The topological polar surface area (TPSA) is 40.6 Å². The zero-order valence-electron chi connectivity index (χ0n) is 11.6. The Morgan fingerprint density at radius 2 is 1.95 bits per heavy atom. The number of hydrogen-bond acceptors (Lipinski definition) is 2. The van der Waals surface area contributed by atoms with Crippen molar-refractivity contribution in [3.63, 3.8) is 0 Å². The molecule has 0 N–H and O–H groups in total. The normalized spacial score (nSPS) is 21.6. The van der Waals surface area contributed by atoms with E-state index in [4.69, 9.17) is 0 Å². The van der Waals surface area contributed by atoms with Crippen molar-refractivity contribution in [1.82, 2.24) is 0 Å². The number of nitrogens with zero attached hydrogens (tertiary/aromatic N) is 2. The molecule has 0 radical (unpaired) electrons. The van der Waals surface area contributed by atoms with E-state index in [0.29, 0.717) is 6.54 Å². The van der Waals surface area contributed by atoms with E-state index in [1.165, 1.54) is 0 Å². The van der Waals surface area contributed by atoms with E-state index in [1.807, 2.05) is 30.0 Å². The molecule has 1 unspecified atom stereocenters. The van der Waals surface area contributed by atoms with Gasteiger partial charge < -0.3 is 9.80 Å². The lowest BCUT2D eigenvalue weighted by Gasteiger charge is -2.41. The van der Waals surface area contributed by atoms with Gasteiger partial charge in [0.15, 0.2) is 0 Å². The molecule has 0 bridgehead atoms. The van der Waals surface area contributed by atoms with E-state index in [1.54, 1.807) is 11.8 Å². The predicted octanol–water partition coefficient (Wildman–Crippen LogP) is 2.95. The smallest absolute Gasteiger partial charge is 0.230 e. The van der Waals surface area contributed by atoms with Gasteiger partial charge in [-0.2, -0.15) is 0 Å². The SMILES string of the molecule is CC(=O)N1c2ccc(Br)cc2N(C(=O)C2CC2)CC1C. The summed E-state index contributed by atoms with van der Waals surface area (Å²) in [6.45, 7) is 4.12. The van der Waals surface area contributed by atoms with Crippen molar-refractivity contribution < 1.29 is 9.59 Å². The second-order valence-electron chi connectivity index (χ2n) is 5.59. The van der Waals surface area contributed by atoms with Crippen LogP contribution in [0.15, 0.2) is 22.7 Å². The molecule has 0 aromatic heterocycles. The molecule has 1 heterocycles. The van der Waals surface area contributed by atoms with Crippen molar-refractivity contribution in [3.05, 3.63) is 22.7 Å². The van der Waals surface area contributed by atoms with Crippen molar-refractivity contribution in [2.24, 2.45) is 5.92 Å². The van der Waals surface area contributed by atoms with Crippen LogP contribution in [0.25, 0.3) is 0 Å². The van der Waals surface area contributed by atoms with Crippen LogP contribution in [0.5, 0.6) is 0 Å². The molecule has 1 saturated carbocycles. The number of halogens is 1. The number of carbonyl (C=O) groups excluding carboxylic acids is 2. The van der Waals surface area contributed by atoms with Crippen LogP contribution in [0.2, 0.25) is 0 Å². The Bertz CT molecular complexity index is 583. The predicted molar refractivity (Wildman–Crippen MR) is 81.8 cm³/mol. The molecule has 1 aromatic rings. The molecular formula is C15H17BrN2O2. The maximum absolute atomic E-state index is 12.5. The molecular weight excluding hydrogens is 320 g/mol. The second kappa shape index (κ2) is 4.88. The summed E-state index contributed by atoms with van der Waals surface area (Å²) < 4.78 is 0.919. The Morgan fingerprint density at radius 3 is 2.55 bits per heavy atom. The molecule has 20 heavy (non-hydrogen) atoms. The summed E-state index contributed by atoms with van der Waals surface area (Å²) >= 11 is 3.45. The largest absolute Gasteiger partial charge is 0.308 e. The monoisotopic (exact) mass is 336 g/mol. The maximum Gasteiger partial charge on any atom is 0.230 e. The summed E-state index contributed by atoms with van der Waals surface area (Å²) in [5.74, 6) is 0.386. The third-order valence-corrected chi connectivity index (χ3v) is 4.40. The van der Waals surface area contributed by atoms with Crippen LogP contribution in [0, 0.1) is 5.92 Å². The van der Waals surface area contributed by atoms with Crippen molar-refractivity contribution in [1.29, 1.82) is 0 Å². The highest BCUT2D eigenvalue weighted by Crippen LogP contribution is 2.41. The van der Waals surface area contributed by atoms with Crippen LogP contribution in [0.4, 0.5) is 11.4 Å². The number of rotatable bonds is 1. The van der Waals surface area contributed by atoms with Crippen LogP contribution in [0.1, 0.15) is 26.7 Å². The lowest BCUT2D eigenvalue weighted by molar-refractivity contribution is -0.120. The van der Waals surface area contributed by atoms with E-state index >= 15 is 0 Å². The van der Waals surface area contributed by atoms with Crippen LogP contribution >= 0.6 is 15.9 Å². The zero-order valence-corrected chi connectivity index (χ0v) is 13.2. The van der Waals surface area contributed by atoms with Gasteiger partial charge in [-0.05, 0) is 38.0 Å². The first-order valence-electron chi connectivity index (χ1n) is 6.89. The van der Waals surface area contributed by atoms with Gasteiger partial charge >= 0.3 is 0 Å². The number of hydrogen-bond donors (Lipinski definition) is 0. The van der Waals surface area contributed by atoms with Crippen molar-refractivity contribution in [2.75, 3.05) is 16.3 Å². The molecule has 1 aliphatic carbocycles. The lowest BCUT2D eigenvalue weighted by Crippen LogP contribution is -2.51. The van der Waals surface area contributed by atoms with Gasteiger partial charge in [0, 0.05) is 23.9 Å². The highest BCUT2D eigenvalue weighted by atomic mass is 79.9. The molecule has 4 nitrogen and oxygen atoms in total. The summed E-state index contributed by atoms with van der Waals surface area (Å²) in [6.07, 6.45) is 1.98. The van der Waals surface area contributed by atoms with Gasteiger partial charge in [-0.15, -0.1) is 0 Å². The van der Waals surface area contributed by atoms with Gasteiger partial charge in [-0.1, -0.05) is 15.9 Å². The summed E-state index contributed by atoms with van der Waals surface area (Å²) in [5.41, 5.74) is 1.66. The Balaban J connectivity index is 2.07. The van der Waals surface area contributed by atoms with Gasteiger partial charge in [0.25, 0.3) is 0 Å². The second-order valence-corrected chi connectivity index (χ2v) is 6.51. The number of carbonyl (C=O) groups is 2. The van der Waals surface area contributed by atoms with E-state index in [-0.39, 0.29) is 23.8 Å². The van der Waals surface area contributed by atoms with Gasteiger partial charge in [0.05, 0.1) is 17.4 Å². The Kier molecular flexibility index (Phi) is 3.32. The summed E-state index contributed by atoms with van der Waals surface area (Å²) in [7, 11) is 0. The fraction of sp³-hybridized carbons (Fsp3) is 0.467.